The molecule has 0 fully saturated rings. The third kappa shape index (κ3) is 2.76. The van der Waals surface area contributed by atoms with Crippen LogP contribution in [-0.2, 0) is 0 Å². The number of likely N-dealkylation sites (N-methyl/N-ethyl adjacent to an activating group) is 1. The van der Waals surface area contributed by atoms with Gasteiger partial charge in [0.2, 0.25) is 0 Å². The summed E-state index contributed by atoms with van der Waals surface area (Å²) < 4.78 is 11.1. The summed E-state index contributed by atoms with van der Waals surface area (Å²) in [6.45, 7) is 5.07. The topological polar surface area (TPSA) is 47.7 Å². The highest BCUT2D eigenvalue weighted by atomic mass is 16.6. The minimum atomic E-state index is 0.237. The van der Waals surface area contributed by atoms with Crippen LogP contribution < -0.4 is 15.2 Å². The molecule has 1 atom stereocenters. The molecule has 1 aliphatic rings. The van der Waals surface area contributed by atoms with Crippen molar-refractivity contribution in [1.29, 1.82) is 0 Å². The highest BCUT2D eigenvalue weighted by molar-refractivity contribution is 5.44. The minimum absolute atomic E-state index is 0.237. The van der Waals surface area contributed by atoms with Gasteiger partial charge in [0.05, 0.1) is 0 Å². The predicted octanol–water partition coefficient (Wildman–Crippen LogP) is 1.80. The summed E-state index contributed by atoms with van der Waals surface area (Å²) >= 11 is 0. The lowest BCUT2D eigenvalue weighted by molar-refractivity contribution is 0.170. The monoisotopic (exact) mass is 250 g/mol. The molecule has 0 spiro atoms. The van der Waals surface area contributed by atoms with E-state index in [-0.39, 0.29) is 6.04 Å². The van der Waals surface area contributed by atoms with Crippen molar-refractivity contribution >= 4 is 0 Å². The maximum Gasteiger partial charge on any atom is 0.161 e. The second-order valence-corrected chi connectivity index (χ2v) is 4.64. The number of rotatable bonds is 5. The Balaban J connectivity index is 2.20. The molecular formula is C14H22N2O2. The molecule has 4 heteroatoms. The molecule has 2 rings (SSSR count). The minimum Gasteiger partial charge on any atom is -0.486 e. The van der Waals surface area contributed by atoms with Gasteiger partial charge in [0.15, 0.2) is 11.5 Å². The third-order valence-corrected chi connectivity index (χ3v) is 3.28. The van der Waals surface area contributed by atoms with E-state index in [2.05, 4.69) is 31.0 Å². The maximum atomic E-state index is 5.90. The van der Waals surface area contributed by atoms with Crippen LogP contribution in [0.2, 0.25) is 0 Å². The van der Waals surface area contributed by atoms with Gasteiger partial charge in [-0.2, -0.15) is 0 Å². The predicted molar refractivity (Wildman–Crippen MR) is 72.1 cm³/mol. The van der Waals surface area contributed by atoms with Crippen LogP contribution in [0.25, 0.3) is 0 Å². The Morgan fingerprint density at radius 2 is 2.00 bits per heavy atom. The molecule has 0 bridgehead atoms. The standard InChI is InChI=1S/C14H22N2O2/c1-3-6-16(2)12(10-15)11-4-5-13-14(9-11)18-8-7-17-13/h4-5,9,12H,3,6-8,10,15H2,1-2H3. The zero-order valence-electron chi connectivity index (χ0n) is 11.2. The zero-order chi connectivity index (χ0) is 13.0. The Bertz CT molecular complexity index is 395. The van der Waals surface area contributed by atoms with Gasteiger partial charge < -0.3 is 15.2 Å². The van der Waals surface area contributed by atoms with Gasteiger partial charge >= 0.3 is 0 Å². The van der Waals surface area contributed by atoms with E-state index >= 15 is 0 Å². The van der Waals surface area contributed by atoms with E-state index in [9.17, 15) is 0 Å². The molecule has 1 aromatic rings. The molecule has 0 amide bonds. The second kappa shape index (κ2) is 6.07. The normalized spacial score (nSPS) is 15.8. The van der Waals surface area contributed by atoms with Gasteiger partial charge in [0.25, 0.3) is 0 Å². The number of fused-ring (bicyclic) bond motifs is 1. The van der Waals surface area contributed by atoms with Gasteiger partial charge in [-0.25, -0.2) is 0 Å². The van der Waals surface area contributed by atoms with Crippen LogP contribution in [0.1, 0.15) is 24.9 Å². The molecule has 1 aromatic carbocycles. The quantitative estimate of drug-likeness (QED) is 0.865. The van der Waals surface area contributed by atoms with Crippen LogP contribution in [0, 0.1) is 0 Å². The van der Waals surface area contributed by atoms with Gasteiger partial charge in [0.1, 0.15) is 13.2 Å². The van der Waals surface area contributed by atoms with Gasteiger partial charge in [-0.15, -0.1) is 0 Å². The molecule has 18 heavy (non-hydrogen) atoms. The fourth-order valence-corrected chi connectivity index (χ4v) is 2.35. The Hall–Kier alpha value is -1.26. The van der Waals surface area contributed by atoms with E-state index in [4.69, 9.17) is 15.2 Å². The van der Waals surface area contributed by atoms with Crippen LogP contribution in [0.4, 0.5) is 0 Å². The van der Waals surface area contributed by atoms with Crippen molar-refractivity contribution in [3.63, 3.8) is 0 Å². The number of ether oxygens (including phenoxy) is 2. The van der Waals surface area contributed by atoms with Gasteiger partial charge in [0, 0.05) is 12.6 Å². The summed E-state index contributed by atoms with van der Waals surface area (Å²) in [6, 6.07) is 6.35. The molecule has 0 aliphatic carbocycles. The van der Waals surface area contributed by atoms with E-state index in [1.807, 2.05) is 6.07 Å². The zero-order valence-corrected chi connectivity index (χ0v) is 11.2. The fourth-order valence-electron chi connectivity index (χ4n) is 2.35. The molecule has 0 radical (unpaired) electrons. The lowest BCUT2D eigenvalue weighted by Crippen LogP contribution is -2.31. The highest BCUT2D eigenvalue weighted by Gasteiger charge is 2.18. The first-order chi connectivity index (χ1) is 8.76. The molecule has 1 heterocycles. The molecular weight excluding hydrogens is 228 g/mol. The van der Waals surface area contributed by atoms with Crippen molar-refractivity contribution in [3.05, 3.63) is 23.8 Å². The SMILES string of the molecule is CCCN(C)C(CN)c1ccc2c(c1)OCCO2. The molecule has 0 saturated carbocycles. The number of benzene rings is 1. The van der Waals surface area contributed by atoms with Crippen LogP contribution in [0.3, 0.4) is 0 Å². The second-order valence-electron chi connectivity index (χ2n) is 4.64. The molecule has 0 saturated heterocycles. The van der Waals surface area contributed by atoms with Crippen LogP contribution >= 0.6 is 0 Å². The van der Waals surface area contributed by atoms with Crippen molar-refractivity contribution < 1.29 is 9.47 Å². The molecule has 1 unspecified atom stereocenters. The fraction of sp³-hybridized carbons (Fsp3) is 0.571. The molecule has 1 aliphatic heterocycles. The average Bonchev–Trinajstić information content (AvgIpc) is 2.40. The number of hydrogen-bond donors (Lipinski definition) is 1. The van der Waals surface area contributed by atoms with E-state index in [0.29, 0.717) is 19.8 Å². The number of hydrogen-bond acceptors (Lipinski definition) is 4. The van der Waals surface area contributed by atoms with Crippen molar-refractivity contribution in [2.24, 2.45) is 5.73 Å². The van der Waals surface area contributed by atoms with Crippen molar-refractivity contribution in [2.45, 2.75) is 19.4 Å². The Morgan fingerprint density at radius 1 is 1.28 bits per heavy atom. The van der Waals surface area contributed by atoms with Crippen molar-refractivity contribution in [2.75, 3.05) is 33.4 Å². The van der Waals surface area contributed by atoms with Gasteiger partial charge in [-0.1, -0.05) is 13.0 Å². The number of nitrogens with zero attached hydrogens (tertiary/aromatic N) is 1. The summed E-state index contributed by atoms with van der Waals surface area (Å²) in [4.78, 5) is 2.28. The first-order valence-electron chi connectivity index (χ1n) is 6.56. The summed E-state index contributed by atoms with van der Waals surface area (Å²) in [7, 11) is 2.11. The summed E-state index contributed by atoms with van der Waals surface area (Å²) in [5, 5.41) is 0. The first-order valence-corrected chi connectivity index (χ1v) is 6.56. The first kappa shape index (κ1) is 13.2. The van der Waals surface area contributed by atoms with E-state index in [1.54, 1.807) is 0 Å². The van der Waals surface area contributed by atoms with Gasteiger partial charge in [-0.05, 0) is 37.7 Å². The lowest BCUT2D eigenvalue weighted by Gasteiger charge is -2.28. The van der Waals surface area contributed by atoms with E-state index < -0.39 is 0 Å². The van der Waals surface area contributed by atoms with Crippen LogP contribution in [0.5, 0.6) is 11.5 Å². The van der Waals surface area contributed by atoms with E-state index in [1.165, 1.54) is 5.56 Å². The molecule has 4 nitrogen and oxygen atoms in total. The van der Waals surface area contributed by atoms with E-state index in [0.717, 1.165) is 24.5 Å². The van der Waals surface area contributed by atoms with Crippen molar-refractivity contribution in [3.8, 4) is 11.5 Å². The van der Waals surface area contributed by atoms with Crippen molar-refractivity contribution in [1.82, 2.24) is 4.90 Å². The third-order valence-electron chi connectivity index (χ3n) is 3.28. The van der Waals surface area contributed by atoms with Crippen LogP contribution in [0.15, 0.2) is 18.2 Å². The van der Waals surface area contributed by atoms with Gasteiger partial charge in [-0.3, -0.25) is 4.90 Å². The Morgan fingerprint density at radius 3 is 2.67 bits per heavy atom. The average molecular weight is 250 g/mol. The Kier molecular flexibility index (Phi) is 4.44. The smallest absolute Gasteiger partial charge is 0.161 e. The van der Waals surface area contributed by atoms with Crippen LogP contribution in [-0.4, -0.2) is 38.3 Å². The maximum absolute atomic E-state index is 5.90. The Labute approximate surface area is 109 Å². The summed E-state index contributed by atoms with van der Waals surface area (Å²) in [6.07, 6.45) is 1.12. The molecule has 0 aromatic heterocycles. The number of nitrogens with two attached hydrogens (primary N) is 1. The summed E-state index contributed by atoms with van der Waals surface area (Å²) in [5.74, 6) is 1.67. The molecule has 2 N–H and O–H groups in total. The lowest BCUT2D eigenvalue weighted by atomic mass is 10.0. The summed E-state index contributed by atoms with van der Waals surface area (Å²) in [5.41, 5.74) is 7.09. The molecule has 100 valence electrons. The highest BCUT2D eigenvalue weighted by Crippen LogP contribution is 2.33. The largest absolute Gasteiger partial charge is 0.486 e.